The van der Waals surface area contributed by atoms with Crippen molar-refractivity contribution in [3.05, 3.63) is 77.1 Å². The first kappa shape index (κ1) is 17.5. The topological polar surface area (TPSA) is 108 Å². The number of amides is 1. The fourth-order valence-electron chi connectivity index (χ4n) is 2.81. The highest BCUT2D eigenvalue weighted by atomic mass is 16.2. The second-order valence-electron chi connectivity index (χ2n) is 6.31. The summed E-state index contributed by atoms with van der Waals surface area (Å²) in [7, 11) is 0. The Hall–Kier alpha value is -3.88. The van der Waals surface area contributed by atoms with E-state index in [0.717, 1.165) is 10.2 Å². The minimum Gasteiger partial charge on any atom is -0.324 e. The van der Waals surface area contributed by atoms with E-state index in [2.05, 4.69) is 25.7 Å². The van der Waals surface area contributed by atoms with E-state index in [0.29, 0.717) is 23.1 Å². The molecule has 1 atom stereocenters. The summed E-state index contributed by atoms with van der Waals surface area (Å²) in [6.07, 6.45) is 3.12. The lowest BCUT2D eigenvalue weighted by Gasteiger charge is -2.14. The molecule has 0 bridgehead atoms. The Kier molecular flexibility index (Phi) is 4.63. The molecule has 0 spiro atoms. The van der Waals surface area contributed by atoms with Gasteiger partial charge in [0.25, 0.3) is 5.56 Å². The Morgan fingerprint density at radius 1 is 1.14 bits per heavy atom. The normalized spacial score (nSPS) is 12.0. The summed E-state index contributed by atoms with van der Waals surface area (Å²) < 4.78 is 2.80. The van der Waals surface area contributed by atoms with Crippen LogP contribution in [0, 0.1) is 0 Å². The third-order valence-corrected chi connectivity index (χ3v) is 4.37. The molecule has 0 aliphatic carbocycles. The van der Waals surface area contributed by atoms with Crippen molar-refractivity contribution in [3.63, 3.8) is 0 Å². The molecule has 2 aromatic heterocycles. The number of fused-ring (bicyclic) bond motifs is 1. The van der Waals surface area contributed by atoms with Crippen molar-refractivity contribution in [3.8, 4) is 0 Å². The van der Waals surface area contributed by atoms with E-state index in [-0.39, 0.29) is 11.5 Å². The lowest BCUT2D eigenvalue weighted by Crippen LogP contribution is -2.34. The summed E-state index contributed by atoms with van der Waals surface area (Å²) in [6, 6.07) is 13.5. The summed E-state index contributed by atoms with van der Waals surface area (Å²) in [5.41, 5.74) is 1.80. The average Bonchev–Trinajstić information content (AvgIpc) is 3.22. The maximum Gasteiger partial charge on any atom is 0.278 e. The van der Waals surface area contributed by atoms with E-state index in [9.17, 15) is 9.59 Å². The van der Waals surface area contributed by atoms with Gasteiger partial charge in [-0.2, -0.15) is 9.78 Å². The van der Waals surface area contributed by atoms with Gasteiger partial charge in [-0.1, -0.05) is 29.5 Å². The zero-order valence-corrected chi connectivity index (χ0v) is 15.1. The molecule has 2 aromatic carbocycles. The smallest absolute Gasteiger partial charge is 0.278 e. The Labute approximate surface area is 159 Å². The van der Waals surface area contributed by atoms with Crippen LogP contribution in [-0.2, 0) is 11.3 Å². The molecule has 9 heteroatoms. The molecule has 4 rings (SSSR count). The largest absolute Gasteiger partial charge is 0.324 e. The first-order valence-corrected chi connectivity index (χ1v) is 8.68. The maximum absolute atomic E-state index is 12.6. The van der Waals surface area contributed by atoms with Gasteiger partial charge in [-0.15, -0.1) is 5.10 Å². The minimum absolute atomic E-state index is 0.351. The molecule has 1 amide bonds. The lowest BCUT2D eigenvalue weighted by molar-refractivity contribution is -0.119. The Morgan fingerprint density at radius 2 is 1.93 bits per heavy atom. The van der Waals surface area contributed by atoms with Crippen molar-refractivity contribution < 1.29 is 4.79 Å². The van der Waals surface area contributed by atoms with Gasteiger partial charge in [-0.3, -0.25) is 9.59 Å². The third kappa shape index (κ3) is 3.50. The van der Waals surface area contributed by atoms with E-state index >= 15 is 0 Å². The van der Waals surface area contributed by atoms with Gasteiger partial charge in [0.2, 0.25) is 5.91 Å². The highest BCUT2D eigenvalue weighted by molar-refractivity contribution is 5.93. The van der Waals surface area contributed by atoms with Crippen molar-refractivity contribution in [2.24, 2.45) is 0 Å². The zero-order chi connectivity index (χ0) is 19.5. The second kappa shape index (κ2) is 7.39. The number of hydrogen-bond donors (Lipinski definition) is 1. The van der Waals surface area contributed by atoms with Gasteiger partial charge in [-0.05, 0) is 36.8 Å². The number of carbonyl (C=O) groups is 1. The van der Waals surface area contributed by atoms with Gasteiger partial charge in [-0.25, -0.2) is 9.67 Å². The van der Waals surface area contributed by atoms with Crippen molar-refractivity contribution >= 4 is 22.5 Å². The van der Waals surface area contributed by atoms with Crippen molar-refractivity contribution in [1.82, 2.24) is 29.8 Å². The summed E-state index contributed by atoms with van der Waals surface area (Å²) in [5, 5.41) is 15.2. The van der Waals surface area contributed by atoms with E-state index in [1.807, 2.05) is 12.1 Å². The van der Waals surface area contributed by atoms with E-state index in [4.69, 9.17) is 0 Å². The highest BCUT2D eigenvalue weighted by Gasteiger charge is 2.19. The van der Waals surface area contributed by atoms with Crippen molar-refractivity contribution in [1.29, 1.82) is 0 Å². The van der Waals surface area contributed by atoms with Crippen LogP contribution in [0.3, 0.4) is 0 Å². The van der Waals surface area contributed by atoms with Gasteiger partial charge >= 0.3 is 0 Å². The van der Waals surface area contributed by atoms with Gasteiger partial charge in [0.1, 0.15) is 24.2 Å². The fourth-order valence-corrected chi connectivity index (χ4v) is 2.81. The summed E-state index contributed by atoms with van der Waals surface area (Å²) >= 11 is 0. The third-order valence-electron chi connectivity index (χ3n) is 4.37. The van der Waals surface area contributed by atoms with E-state index in [1.165, 1.54) is 6.33 Å². The quantitative estimate of drug-likeness (QED) is 0.568. The van der Waals surface area contributed by atoms with Crippen LogP contribution in [0.2, 0.25) is 0 Å². The lowest BCUT2D eigenvalue weighted by atomic mass is 10.2. The van der Waals surface area contributed by atoms with Crippen LogP contribution in [0.4, 0.5) is 5.69 Å². The molecule has 0 saturated heterocycles. The molecule has 0 fully saturated rings. The van der Waals surface area contributed by atoms with E-state index in [1.54, 1.807) is 54.3 Å². The zero-order valence-electron chi connectivity index (χ0n) is 15.1. The molecule has 0 radical (unpaired) electrons. The Balaban J connectivity index is 1.49. The second-order valence-corrected chi connectivity index (χ2v) is 6.31. The first-order chi connectivity index (χ1) is 13.6. The first-order valence-electron chi connectivity index (χ1n) is 8.68. The SMILES string of the molecule is C[C@H](C(=O)Nc1ccc(Cn2cncn2)cc1)n1nnc2ccccc2c1=O. The van der Waals surface area contributed by atoms with Gasteiger partial charge in [0.05, 0.1) is 11.9 Å². The molecule has 0 aliphatic heterocycles. The molecule has 28 heavy (non-hydrogen) atoms. The molecule has 140 valence electrons. The number of hydrogen-bond acceptors (Lipinski definition) is 6. The standard InChI is InChI=1S/C19H17N7O2/c1-13(26-19(28)16-4-2-3-5-17(16)23-24-26)18(27)22-15-8-6-14(7-9-15)10-25-12-20-11-21-25/h2-9,11-13H,10H2,1H3,(H,22,27)/t13-/m1/s1. The number of nitrogens with one attached hydrogen (secondary N) is 1. The van der Waals surface area contributed by atoms with Crippen LogP contribution in [0.15, 0.2) is 66.0 Å². The number of rotatable bonds is 5. The molecule has 4 aromatic rings. The summed E-state index contributed by atoms with van der Waals surface area (Å²) in [5.74, 6) is -0.351. The number of aromatic nitrogens is 6. The molecular formula is C19H17N7O2. The number of benzene rings is 2. The van der Waals surface area contributed by atoms with Crippen LogP contribution in [0.5, 0.6) is 0 Å². The maximum atomic E-state index is 12.6. The van der Waals surface area contributed by atoms with Crippen molar-refractivity contribution in [2.45, 2.75) is 19.5 Å². The molecule has 2 heterocycles. The molecule has 0 saturated carbocycles. The van der Waals surface area contributed by atoms with Crippen LogP contribution in [0.1, 0.15) is 18.5 Å². The van der Waals surface area contributed by atoms with Gasteiger partial charge < -0.3 is 5.32 Å². The van der Waals surface area contributed by atoms with Crippen LogP contribution in [0.25, 0.3) is 10.9 Å². The van der Waals surface area contributed by atoms with Gasteiger partial charge in [0, 0.05) is 5.69 Å². The number of anilines is 1. The predicted octanol–water partition coefficient (Wildman–Crippen LogP) is 1.63. The summed E-state index contributed by atoms with van der Waals surface area (Å²) in [4.78, 5) is 29.1. The monoisotopic (exact) mass is 375 g/mol. The molecular weight excluding hydrogens is 358 g/mol. The van der Waals surface area contributed by atoms with Crippen LogP contribution in [-0.4, -0.2) is 35.7 Å². The van der Waals surface area contributed by atoms with Gasteiger partial charge in [0.15, 0.2) is 0 Å². The Morgan fingerprint density at radius 3 is 2.68 bits per heavy atom. The summed E-state index contributed by atoms with van der Waals surface area (Å²) in [6.45, 7) is 2.20. The minimum atomic E-state index is -0.806. The molecule has 0 unspecified atom stereocenters. The molecule has 1 N–H and O–H groups in total. The molecule has 0 aliphatic rings. The molecule has 9 nitrogen and oxygen atoms in total. The number of nitrogens with zero attached hydrogens (tertiary/aromatic N) is 6. The van der Waals surface area contributed by atoms with Crippen LogP contribution >= 0.6 is 0 Å². The van der Waals surface area contributed by atoms with E-state index < -0.39 is 6.04 Å². The van der Waals surface area contributed by atoms with Crippen molar-refractivity contribution in [2.75, 3.05) is 5.32 Å². The highest BCUT2D eigenvalue weighted by Crippen LogP contribution is 2.13. The number of carbonyl (C=O) groups excluding carboxylic acids is 1. The Bertz CT molecular complexity index is 1170. The average molecular weight is 375 g/mol. The fraction of sp³-hybridized carbons (Fsp3) is 0.158. The predicted molar refractivity (Wildman–Crippen MR) is 103 cm³/mol. The van der Waals surface area contributed by atoms with Crippen LogP contribution < -0.4 is 10.9 Å².